The van der Waals surface area contributed by atoms with Gasteiger partial charge in [-0.3, -0.25) is 0 Å². The van der Waals surface area contributed by atoms with Crippen molar-refractivity contribution in [2.24, 2.45) is 0 Å². The second-order valence-electron chi connectivity index (χ2n) is 22.7. The highest BCUT2D eigenvalue weighted by Gasteiger charge is 2.38. The van der Waals surface area contributed by atoms with Gasteiger partial charge in [-0.15, -0.1) is 0 Å². The molecule has 0 aliphatic heterocycles. The Morgan fingerprint density at radius 3 is 0.957 bits per heavy atom. The van der Waals surface area contributed by atoms with Crippen LogP contribution < -0.4 is 4.90 Å². The van der Waals surface area contributed by atoms with Crippen LogP contribution in [-0.4, -0.2) is 0 Å². The van der Waals surface area contributed by atoms with E-state index in [1.54, 1.807) is 0 Å². The second-order valence-corrected chi connectivity index (χ2v) is 22.7. The van der Waals surface area contributed by atoms with Gasteiger partial charge in [0.1, 0.15) is 0 Å². The second kappa shape index (κ2) is 16.2. The summed E-state index contributed by atoms with van der Waals surface area (Å²) < 4.78 is 0. The van der Waals surface area contributed by atoms with E-state index < -0.39 is 0 Å². The van der Waals surface area contributed by atoms with Crippen LogP contribution in [0.15, 0.2) is 200 Å². The third-order valence-electron chi connectivity index (χ3n) is 15.4. The highest BCUT2D eigenvalue weighted by Crippen LogP contribution is 2.53. The molecule has 0 radical (unpaired) electrons. The van der Waals surface area contributed by atoms with Crippen LogP contribution >= 0.6 is 0 Å². The molecule has 0 bridgehead atoms. The van der Waals surface area contributed by atoms with E-state index in [0.29, 0.717) is 0 Å². The predicted octanol–water partition coefficient (Wildman–Crippen LogP) is 19.0. The standard InChI is InChI=1S/C68H63N/c1-65(2,3)52-27-35-59-57-33-25-48(40-61(57)67(7,8)63(59)42-52)50-37-51(49-26-34-58-60-36-28-53(66(4,5)6)43-64(60)68(9,10)62(58)41-49)39-56(38-50)69(54-29-21-46(22-30-54)44-17-13-11-14-18-44)55-31-23-47(24-32-55)45-19-15-12-16-20-45/h11-43H,1-10H3. The lowest BCUT2D eigenvalue weighted by Crippen LogP contribution is -2.17. The SMILES string of the molecule is CC(C)(C)c1ccc2c(c1)C(C)(C)c1cc(-c3cc(-c4ccc5c(c4)C(C)(C)c4cc(C(C)(C)C)ccc4-5)cc(N(c4ccc(-c5ccccc5)cc4)c4ccc(-c5ccccc5)cc4)c3)ccc1-2. The number of anilines is 3. The van der Waals surface area contributed by atoms with E-state index in [2.05, 4.69) is 274 Å². The van der Waals surface area contributed by atoms with Gasteiger partial charge in [0.15, 0.2) is 0 Å². The quantitative estimate of drug-likeness (QED) is 0.154. The fraction of sp³-hybridized carbons (Fsp3) is 0.206. The Morgan fingerprint density at radius 2 is 0.594 bits per heavy atom. The summed E-state index contributed by atoms with van der Waals surface area (Å²) in [6.07, 6.45) is 0. The largest absolute Gasteiger partial charge is 0.310 e. The molecule has 9 aromatic carbocycles. The number of fused-ring (bicyclic) bond motifs is 6. The van der Waals surface area contributed by atoms with E-state index in [4.69, 9.17) is 0 Å². The lowest BCUT2D eigenvalue weighted by Gasteiger charge is -2.28. The van der Waals surface area contributed by atoms with Crippen LogP contribution in [0.2, 0.25) is 0 Å². The maximum Gasteiger partial charge on any atom is 0.0473 e. The van der Waals surface area contributed by atoms with Crippen LogP contribution in [0.1, 0.15) is 103 Å². The minimum Gasteiger partial charge on any atom is -0.310 e. The maximum absolute atomic E-state index is 2.48. The number of hydrogen-bond acceptors (Lipinski definition) is 1. The summed E-state index contributed by atoms with van der Waals surface area (Å²) in [6.45, 7) is 23.5. The molecular formula is C68H63N. The van der Waals surface area contributed by atoms with E-state index in [1.807, 2.05) is 0 Å². The van der Waals surface area contributed by atoms with Crippen LogP contribution in [0, 0.1) is 0 Å². The van der Waals surface area contributed by atoms with Crippen LogP contribution in [0.25, 0.3) is 66.8 Å². The molecule has 9 aromatic rings. The third-order valence-corrected chi connectivity index (χ3v) is 15.4. The molecule has 1 heteroatoms. The normalized spacial score (nSPS) is 14.2. The van der Waals surface area contributed by atoms with E-state index in [1.165, 1.54) is 100 Å². The molecule has 69 heavy (non-hydrogen) atoms. The molecule has 0 unspecified atom stereocenters. The van der Waals surface area contributed by atoms with Crippen molar-refractivity contribution in [1.29, 1.82) is 0 Å². The number of nitrogens with zero attached hydrogens (tertiary/aromatic N) is 1. The van der Waals surface area contributed by atoms with E-state index >= 15 is 0 Å². The minimum absolute atomic E-state index is 0.0718. The fourth-order valence-electron chi connectivity index (χ4n) is 11.2. The van der Waals surface area contributed by atoms with Crippen molar-refractivity contribution in [3.63, 3.8) is 0 Å². The smallest absolute Gasteiger partial charge is 0.0473 e. The van der Waals surface area contributed by atoms with Gasteiger partial charge in [-0.2, -0.15) is 0 Å². The summed E-state index contributed by atoms with van der Waals surface area (Å²) in [5, 5.41) is 0. The first-order chi connectivity index (χ1) is 32.9. The Balaban J connectivity index is 1.10. The molecule has 340 valence electrons. The van der Waals surface area contributed by atoms with Crippen LogP contribution in [-0.2, 0) is 21.7 Å². The van der Waals surface area contributed by atoms with Crippen molar-refractivity contribution in [3.8, 4) is 66.8 Å². The summed E-state index contributed by atoms with van der Waals surface area (Å²) in [5.41, 5.74) is 26.5. The third kappa shape index (κ3) is 7.73. The number of benzene rings is 9. The molecular weight excluding hydrogens is 831 g/mol. The molecule has 0 aromatic heterocycles. The number of hydrogen-bond donors (Lipinski definition) is 0. The zero-order valence-electron chi connectivity index (χ0n) is 42.0. The Labute approximate surface area is 411 Å². The first kappa shape index (κ1) is 44.3. The van der Waals surface area contributed by atoms with Gasteiger partial charge in [-0.05, 0) is 166 Å². The van der Waals surface area contributed by atoms with Gasteiger partial charge in [-0.1, -0.05) is 215 Å². The lowest BCUT2D eigenvalue weighted by atomic mass is 9.78. The molecule has 1 nitrogen and oxygen atoms in total. The van der Waals surface area contributed by atoms with Gasteiger partial charge < -0.3 is 4.90 Å². The Morgan fingerprint density at radius 1 is 0.275 bits per heavy atom. The zero-order valence-corrected chi connectivity index (χ0v) is 42.0. The van der Waals surface area contributed by atoms with Gasteiger partial charge in [-0.25, -0.2) is 0 Å². The Bertz CT molecular complexity index is 3180. The molecule has 2 aliphatic rings. The molecule has 0 saturated heterocycles. The summed E-state index contributed by atoms with van der Waals surface area (Å²) in [4.78, 5) is 2.44. The van der Waals surface area contributed by atoms with Crippen LogP contribution in [0.5, 0.6) is 0 Å². The van der Waals surface area contributed by atoms with Gasteiger partial charge in [0, 0.05) is 27.9 Å². The molecule has 11 rings (SSSR count). The van der Waals surface area contributed by atoms with Crippen LogP contribution in [0.4, 0.5) is 17.1 Å². The van der Waals surface area contributed by atoms with E-state index in [-0.39, 0.29) is 21.7 Å². The Kier molecular flexibility index (Phi) is 10.4. The molecule has 0 N–H and O–H groups in total. The summed E-state index contributed by atoms with van der Waals surface area (Å²) >= 11 is 0. The maximum atomic E-state index is 2.48. The van der Waals surface area contributed by atoms with E-state index in [0.717, 1.165) is 17.1 Å². The lowest BCUT2D eigenvalue weighted by molar-refractivity contribution is 0.584. The van der Waals surface area contributed by atoms with Crippen molar-refractivity contribution in [3.05, 3.63) is 234 Å². The van der Waals surface area contributed by atoms with Crippen molar-refractivity contribution in [2.75, 3.05) is 4.90 Å². The highest BCUT2D eigenvalue weighted by molar-refractivity contribution is 5.90. The summed E-state index contributed by atoms with van der Waals surface area (Å²) in [7, 11) is 0. The summed E-state index contributed by atoms with van der Waals surface area (Å²) in [6, 6.07) is 75.5. The van der Waals surface area contributed by atoms with E-state index in [9.17, 15) is 0 Å². The van der Waals surface area contributed by atoms with Gasteiger partial charge in [0.05, 0.1) is 0 Å². The average molecular weight is 894 g/mol. The molecule has 0 saturated carbocycles. The Hall–Kier alpha value is -7.22. The minimum atomic E-state index is -0.150. The van der Waals surface area contributed by atoms with Crippen molar-refractivity contribution in [1.82, 2.24) is 0 Å². The predicted molar refractivity (Wildman–Crippen MR) is 295 cm³/mol. The molecule has 0 fully saturated rings. The van der Waals surface area contributed by atoms with Gasteiger partial charge >= 0.3 is 0 Å². The first-order valence-electron chi connectivity index (χ1n) is 24.8. The van der Waals surface area contributed by atoms with Crippen molar-refractivity contribution < 1.29 is 0 Å². The van der Waals surface area contributed by atoms with Crippen LogP contribution in [0.3, 0.4) is 0 Å². The first-order valence-corrected chi connectivity index (χ1v) is 24.8. The average Bonchev–Trinajstić information content (AvgIpc) is 3.72. The topological polar surface area (TPSA) is 3.24 Å². The highest BCUT2D eigenvalue weighted by atomic mass is 15.1. The zero-order chi connectivity index (χ0) is 48.0. The van der Waals surface area contributed by atoms with Crippen molar-refractivity contribution >= 4 is 17.1 Å². The molecule has 0 amide bonds. The van der Waals surface area contributed by atoms with Gasteiger partial charge in [0.2, 0.25) is 0 Å². The fourth-order valence-corrected chi connectivity index (χ4v) is 11.2. The molecule has 0 atom stereocenters. The van der Waals surface area contributed by atoms with Crippen molar-refractivity contribution in [2.45, 2.75) is 90.9 Å². The number of rotatable bonds is 7. The summed E-state index contributed by atoms with van der Waals surface area (Å²) in [5.74, 6) is 0. The van der Waals surface area contributed by atoms with Gasteiger partial charge in [0.25, 0.3) is 0 Å². The monoisotopic (exact) mass is 893 g/mol. The molecule has 0 spiro atoms. The molecule has 0 heterocycles. The molecule has 2 aliphatic carbocycles.